The molecule has 2 atom stereocenters. The third-order valence-corrected chi connectivity index (χ3v) is 4.28. The molecule has 1 saturated carbocycles. The first kappa shape index (κ1) is 14.7. The van der Waals surface area contributed by atoms with Crippen molar-refractivity contribution in [2.45, 2.75) is 19.5 Å². The molecule has 0 radical (unpaired) electrons. The maximum atomic E-state index is 12.9. The molecule has 2 aromatic heterocycles. The molecule has 0 bridgehead atoms. The number of pyridine rings is 1. The Bertz CT molecular complexity index is 951. The molecular formula is C18H16FN3O2. The molecule has 24 heavy (non-hydrogen) atoms. The van der Waals surface area contributed by atoms with Gasteiger partial charge in [0.1, 0.15) is 17.6 Å². The smallest absolute Gasteiger partial charge is 0.231 e. The molecule has 1 fully saturated rings. The average molecular weight is 325 g/mol. The highest BCUT2D eigenvalue weighted by atomic mass is 19.1. The zero-order valence-corrected chi connectivity index (χ0v) is 13.0. The van der Waals surface area contributed by atoms with E-state index in [-0.39, 0.29) is 11.7 Å². The van der Waals surface area contributed by atoms with Crippen LogP contribution < -0.4 is 5.32 Å². The summed E-state index contributed by atoms with van der Waals surface area (Å²) in [7, 11) is 0. The maximum Gasteiger partial charge on any atom is 0.231 e. The van der Waals surface area contributed by atoms with E-state index in [1.807, 2.05) is 31.3 Å². The first-order chi connectivity index (χ1) is 11.5. The molecule has 1 aromatic carbocycles. The minimum absolute atomic E-state index is 0.208. The average Bonchev–Trinajstić information content (AvgIpc) is 3.15. The van der Waals surface area contributed by atoms with Gasteiger partial charge in [-0.3, -0.25) is 4.79 Å². The number of anilines is 1. The molecule has 1 amide bonds. The number of nitrogens with zero attached hydrogens (tertiary/aromatic N) is 2. The van der Waals surface area contributed by atoms with Crippen molar-refractivity contribution in [1.82, 2.24) is 9.38 Å². The Labute approximate surface area is 137 Å². The number of rotatable bonds is 3. The number of amides is 1. The number of aromatic hydroxyl groups is 1. The third-order valence-electron chi connectivity index (χ3n) is 4.28. The topological polar surface area (TPSA) is 66.6 Å². The van der Waals surface area contributed by atoms with Gasteiger partial charge in [0.05, 0.1) is 12.1 Å². The van der Waals surface area contributed by atoms with Gasteiger partial charge in [-0.1, -0.05) is 6.07 Å². The number of hydrogen-bond donors (Lipinski definition) is 2. The number of nitrogens with one attached hydrogen (secondary N) is 1. The van der Waals surface area contributed by atoms with Crippen LogP contribution in [0.15, 0.2) is 42.7 Å². The summed E-state index contributed by atoms with van der Waals surface area (Å²) in [6.07, 6.45) is 2.85. The standard InChI is InChI=1S/C18H16FN3O2/c1-10-2-4-12(23)6-13(10)11-3-5-17-20-16(9-22(17)8-11)21-18(24)14-7-15(14)19/h2-6,8-9,14-15,23H,7H2,1H3,(H,21,24)/t14-,15+/m1/s1. The van der Waals surface area contributed by atoms with Crippen LogP contribution in [-0.4, -0.2) is 26.6 Å². The zero-order valence-electron chi connectivity index (χ0n) is 13.0. The van der Waals surface area contributed by atoms with E-state index in [1.165, 1.54) is 0 Å². The van der Waals surface area contributed by atoms with Crippen LogP contribution in [0.5, 0.6) is 5.75 Å². The SMILES string of the molecule is Cc1ccc(O)cc1-c1ccc2nc(NC(=O)[C@@H]3C[C@@H]3F)cn2c1. The molecule has 1 aliphatic carbocycles. The number of carbonyl (C=O) groups is 1. The number of carbonyl (C=O) groups excluding carboxylic acids is 1. The second-order valence-electron chi connectivity index (χ2n) is 6.16. The molecule has 2 heterocycles. The van der Waals surface area contributed by atoms with Crippen molar-refractivity contribution < 1.29 is 14.3 Å². The van der Waals surface area contributed by atoms with Crippen LogP contribution >= 0.6 is 0 Å². The number of fused-ring (bicyclic) bond motifs is 1. The molecule has 2 N–H and O–H groups in total. The van der Waals surface area contributed by atoms with E-state index in [2.05, 4.69) is 10.3 Å². The zero-order chi connectivity index (χ0) is 16.8. The van der Waals surface area contributed by atoms with Crippen molar-refractivity contribution in [2.75, 3.05) is 5.32 Å². The van der Waals surface area contributed by atoms with E-state index in [4.69, 9.17) is 0 Å². The lowest BCUT2D eigenvalue weighted by atomic mass is 10.0. The van der Waals surface area contributed by atoms with Crippen LogP contribution in [0.4, 0.5) is 10.2 Å². The number of imidazole rings is 1. The fraction of sp³-hybridized carbons (Fsp3) is 0.222. The number of benzene rings is 1. The Kier molecular flexibility index (Phi) is 3.26. The summed E-state index contributed by atoms with van der Waals surface area (Å²) in [5, 5.41) is 12.3. The maximum absolute atomic E-state index is 12.9. The molecule has 4 rings (SSSR count). The fourth-order valence-electron chi connectivity index (χ4n) is 2.79. The normalized spacial score (nSPS) is 19.4. The molecule has 0 aliphatic heterocycles. The number of halogens is 1. The minimum Gasteiger partial charge on any atom is -0.508 e. The molecule has 6 heteroatoms. The molecular weight excluding hydrogens is 309 g/mol. The van der Waals surface area contributed by atoms with Gasteiger partial charge in [-0.2, -0.15) is 0 Å². The van der Waals surface area contributed by atoms with Gasteiger partial charge >= 0.3 is 0 Å². The molecule has 0 saturated heterocycles. The number of phenolic OH excluding ortho intramolecular Hbond substituents is 1. The summed E-state index contributed by atoms with van der Waals surface area (Å²) >= 11 is 0. The molecule has 5 nitrogen and oxygen atoms in total. The van der Waals surface area contributed by atoms with E-state index in [1.54, 1.807) is 22.7 Å². The summed E-state index contributed by atoms with van der Waals surface area (Å²) in [5.74, 6) is -0.251. The van der Waals surface area contributed by atoms with E-state index >= 15 is 0 Å². The first-order valence-electron chi connectivity index (χ1n) is 7.75. The Morgan fingerprint density at radius 3 is 2.88 bits per heavy atom. The lowest BCUT2D eigenvalue weighted by Crippen LogP contribution is -2.15. The second-order valence-corrected chi connectivity index (χ2v) is 6.16. The van der Waals surface area contributed by atoms with Crippen LogP contribution in [0.2, 0.25) is 0 Å². The van der Waals surface area contributed by atoms with Crippen LogP contribution in [-0.2, 0) is 4.79 Å². The van der Waals surface area contributed by atoms with E-state index in [9.17, 15) is 14.3 Å². The van der Waals surface area contributed by atoms with Gasteiger partial charge in [0.15, 0.2) is 5.82 Å². The van der Waals surface area contributed by atoms with Gasteiger partial charge in [-0.05, 0) is 54.3 Å². The minimum atomic E-state index is -1.03. The summed E-state index contributed by atoms with van der Waals surface area (Å²) in [5.41, 5.74) is 3.58. The Hall–Kier alpha value is -2.89. The van der Waals surface area contributed by atoms with Crippen molar-refractivity contribution in [3.63, 3.8) is 0 Å². The van der Waals surface area contributed by atoms with Gasteiger partial charge in [0.2, 0.25) is 5.91 Å². The highest BCUT2D eigenvalue weighted by Gasteiger charge is 2.43. The summed E-state index contributed by atoms with van der Waals surface area (Å²) in [6.45, 7) is 1.97. The van der Waals surface area contributed by atoms with Crippen LogP contribution in [0.3, 0.4) is 0 Å². The Morgan fingerprint density at radius 1 is 1.33 bits per heavy atom. The first-order valence-corrected chi connectivity index (χ1v) is 7.75. The van der Waals surface area contributed by atoms with Gasteiger partial charge in [-0.25, -0.2) is 9.37 Å². The summed E-state index contributed by atoms with van der Waals surface area (Å²) < 4.78 is 14.7. The predicted molar refractivity (Wildman–Crippen MR) is 88.7 cm³/mol. The highest BCUT2D eigenvalue weighted by molar-refractivity contribution is 5.94. The van der Waals surface area contributed by atoms with Gasteiger partial charge in [0.25, 0.3) is 0 Å². The third kappa shape index (κ3) is 2.60. The van der Waals surface area contributed by atoms with E-state index in [0.29, 0.717) is 17.9 Å². The van der Waals surface area contributed by atoms with Gasteiger partial charge in [0, 0.05) is 6.20 Å². The van der Waals surface area contributed by atoms with Crippen molar-refractivity contribution in [3.05, 3.63) is 48.3 Å². The molecule has 3 aromatic rings. The summed E-state index contributed by atoms with van der Waals surface area (Å²) in [4.78, 5) is 16.1. The molecule has 0 unspecified atom stereocenters. The molecule has 1 aliphatic rings. The number of aromatic nitrogens is 2. The number of hydrogen-bond acceptors (Lipinski definition) is 3. The van der Waals surface area contributed by atoms with Crippen LogP contribution in [0.25, 0.3) is 16.8 Å². The van der Waals surface area contributed by atoms with Gasteiger partial charge < -0.3 is 14.8 Å². The quantitative estimate of drug-likeness (QED) is 0.776. The highest BCUT2D eigenvalue weighted by Crippen LogP contribution is 2.34. The number of aryl methyl sites for hydroxylation is 1. The second kappa shape index (κ2) is 5.33. The monoisotopic (exact) mass is 325 g/mol. The van der Waals surface area contributed by atoms with Crippen molar-refractivity contribution in [2.24, 2.45) is 5.92 Å². The van der Waals surface area contributed by atoms with Crippen molar-refractivity contribution in [1.29, 1.82) is 0 Å². The number of alkyl halides is 1. The lowest BCUT2D eigenvalue weighted by Gasteiger charge is -2.07. The van der Waals surface area contributed by atoms with Crippen molar-refractivity contribution in [3.8, 4) is 16.9 Å². The van der Waals surface area contributed by atoms with E-state index in [0.717, 1.165) is 16.7 Å². The summed E-state index contributed by atoms with van der Waals surface area (Å²) in [6, 6.07) is 8.97. The largest absolute Gasteiger partial charge is 0.508 e. The molecule has 122 valence electrons. The van der Waals surface area contributed by atoms with Gasteiger partial charge in [-0.15, -0.1) is 0 Å². The number of phenols is 1. The predicted octanol–water partition coefficient (Wildman–Crippen LogP) is 3.31. The van der Waals surface area contributed by atoms with Crippen LogP contribution in [0, 0.1) is 12.8 Å². The van der Waals surface area contributed by atoms with Crippen LogP contribution in [0.1, 0.15) is 12.0 Å². The Balaban J connectivity index is 1.66. The van der Waals surface area contributed by atoms with E-state index < -0.39 is 12.1 Å². The fourth-order valence-corrected chi connectivity index (χ4v) is 2.79. The lowest BCUT2D eigenvalue weighted by molar-refractivity contribution is -0.117. The van der Waals surface area contributed by atoms with Crippen molar-refractivity contribution >= 4 is 17.4 Å². The Morgan fingerprint density at radius 2 is 2.12 bits per heavy atom. The molecule has 0 spiro atoms.